The Bertz CT molecular complexity index is 442. The van der Waals surface area contributed by atoms with Gasteiger partial charge in [0.05, 0.1) is 17.1 Å². The van der Waals surface area contributed by atoms with Crippen molar-refractivity contribution in [3.8, 4) is 0 Å². The lowest BCUT2D eigenvalue weighted by Crippen LogP contribution is -2.44. The third-order valence-electron chi connectivity index (χ3n) is 5.58. The van der Waals surface area contributed by atoms with E-state index in [0.29, 0.717) is 17.4 Å². The maximum absolute atomic E-state index is 11.5. The smallest absolute Gasteiger partial charge is 0.150 e. The Morgan fingerprint density at radius 1 is 1.25 bits per heavy atom. The summed E-state index contributed by atoms with van der Waals surface area (Å²) in [6.45, 7) is 0.835. The number of rotatable bonds is 3. The van der Waals surface area contributed by atoms with Gasteiger partial charge in [-0.05, 0) is 50.4 Å². The number of nitrogens with two attached hydrogens (primary N) is 1. The maximum atomic E-state index is 11.5. The van der Waals surface area contributed by atoms with Gasteiger partial charge in [0, 0.05) is 12.6 Å². The SMILES string of the molecule is NC(CC1CCS(=O)(=O)C1)C1CCOC2(CCCC2)C1. The minimum absolute atomic E-state index is 0.113. The van der Waals surface area contributed by atoms with Gasteiger partial charge in [-0.3, -0.25) is 0 Å². The highest BCUT2D eigenvalue weighted by atomic mass is 32.2. The summed E-state index contributed by atoms with van der Waals surface area (Å²) in [6.07, 6.45) is 8.76. The Balaban J connectivity index is 1.55. The van der Waals surface area contributed by atoms with Crippen molar-refractivity contribution in [1.82, 2.24) is 0 Å². The van der Waals surface area contributed by atoms with Crippen LogP contribution in [-0.2, 0) is 14.6 Å². The van der Waals surface area contributed by atoms with Crippen molar-refractivity contribution in [3.05, 3.63) is 0 Å². The highest BCUT2D eigenvalue weighted by molar-refractivity contribution is 7.91. The fourth-order valence-electron chi connectivity index (χ4n) is 4.43. The molecule has 2 saturated heterocycles. The molecule has 0 aromatic carbocycles. The predicted octanol–water partition coefficient (Wildman–Crippen LogP) is 1.88. The van der Waals surface area contributed by atoms with Crippen molar-refractivity contribution in [2.75, 3.05) is 18.1 Å². The molecule has 3 fully saturated rings. The average Bonchev–Trinajstić information content (AvgIpc) is 2.97. The van der Waals surface area contributed by atoms with Crippen LogP contribution in [0.15, 0.2) is 0 Å². The fraction of sp³-hybridized carbons (Fsp3) is 1.00. The summed E-state index contributed by atoms with van der Waals surface area (Å²) in [6, 6.07) is 0.148. The predicted molar refractivity (Wildman–Crippen MR) is 79.2 cm³/mol. The van der Waals surface area contributed by atoms with Crippen LogP contribution in [0.3, 0.4) is 0 Å². The quantitative estimate of drug-likeness (QED) is 0.864. The van der Waals surface area contributed by atoms with Gasteiger partial charge < -0.3 is 10.5 Å². The molecule has 4 nitrogen and oxygen atoms in total. The minimum atomic E-state index is -2.77. The van der Waals surface area contributed by atoms with Gasteiger partial charge in [-0.25, -0.2) is 8.42 Å². The molecule has 2 N–H and O–H groups in total. The average molecular weight is 301 g/mol. The second-order valence-corrected chi connectivity index (χ2v) is 9.39. The van der Waals surface area contributed by atoms with E-state index in [0.717, 1.165) is 32.3 Å². The lowest BCUT2D eigenvalue weighted by molar-refractivity contribution is -0.0968. The van der Waals surface area contributed by atoms with E-state index in [9.17, 15) is 8.42 Å². The molecule has 1 spiro atoms. The first-order chi connectivity index (χ1) is 9.48. The van der Waals surface area contributed by atoms with Crippen LogP contribution in [0.2, 0.25) is 0 Å². The van der Waals surface area contributed by atoms with Crippen LogP contribution in [0.1, 0.15) is 51.4 Å². The van der Waals surface area contributed by atoms with E-state index >= 15 is 0 Å². The second-order valence-electron chi connectivity index (χ2n) is 7.16. The monoisotopic (exact) mass is 301 g/mol. The summed E-state index contributed by atoms with van der Waals surface area (Å²) in [5.41, 5.74) is 6.53. The van der Waals surface area contributed by atoms with Gasteiger partial charge in [0.2, 0.25) is 0 Å². The number of ether oxygens (including phenoxy) is 1. The zero-order valence-electron chi connectivity index (χ0n) is 12.2. The minimum Gasteiger partial charge on any atom is -0.375 e. The Labute approximate surface area is 122 Å². The molecule has 2 heterocycles. The summed E-state index contributed by atoms with van der Waals surface area (Å²) in [5, 5.41) is 0. The van der Waals surface area contributed by atoms with Crippen molar-refractivity contribution in [2.45, 2.75) is 63.0 Å². The fourth-order valence-corrected chi connectivity index (χ4v) is 6.31. The lowest BCUT2D eigenvalue weighted by atomic mass is 9.78. The third kappa shape index (κ3) is 3.20. The normalized spacial score (nSPS) is 37.2. The van der Waals surface area contributed by atoms with Crippen molar-refractivity contribution >= 4 is 9.84 Å². The molecule has 3 aliphatic rings. The molecule has 2 aliphatic heterocycles. The summed E-state index contributed by atoms with van der Waals surface area (Å²) < 4.78 is 29.1. The van der Waals surface area contributed by atoms with E-state index in [2.05, 4.69) is 0 Å². The summed E-state index contributed by atoms with van der Waals surface area (Å²) >= 11 is 0. The highest BCUT2D eigenvalue weighted by Gasteiger charge is 2.42. The van der Waals surface area contributed by atoms with Crippen molar-refractivity contribution in [3.63, 3.8) is 0 Å². The van der Waals surface area contributed by atoms with Crippen molar-refractivity contribution < 1.29 is 13.2 Å². The first kappa shape index (κ1) is 14.8. The Kier molecular flexibility index (Phi) is 4.13. The molecule has 0 bridgehead atoms. The molecule has 3 rings (SSSR count). The molecule has 116 valence electrons. The summed E-state index contributed by atoms with van der Waals surface area (Å²) in [7, 11) is -2.77. The zero-order valence-corrected chi connectivity index (χ0v) is 13.0. The van der Waals surface area contributed by atoms with Gasteiger partial charge in [0.15, 0.2) is 9.84 Å². The Morgan fingerprint density at radius 3 is 2.65 bits per heavy atom. The van der Waals surface area contributed by atoms with E-state index in [4.69, 9.17) is 10.5 Å². The molecule has 0 radical (unpaired) electrons. The van der Waals surface area contributed by atoms with E-state index in [1.807, 2.05) is 0 Å². The number of hydrogen-bond acceptors (Lipinski definition) is 4. The van der Waals surface area contributed by atoms with Crippen LogP contribution in [0.5, 0.6) is 0 Å². The van der Waals surface area contributed by atoms with Crippen LogP contribution < -0.4 is 5.73 Å². The molecule has 1 aliphatic carbocycles. The van der Waals surface area contributed by atoms with Crippen LogP contribution in [0.4, 0.5) is 0 Å². The molecule has 5 heteroatoms. The maximum Gasteiger partial charge on any atom is 0.150 e. The molecule has 20 heavy (non-hydrogen) atoms. The third-order valence-corrected chi connectivity index (χ3v) is 7.42. The van der Waals surface area contributed by atoms with Gasteiger partial charge in [-0.2, -0.15) is 0 Å². The standard InChI is InChI=1S/C15H27NO3S/c16-14(9-12-4-8-20(17,18)11-12)13-3-7-19-15(10-13)5-1-2-6-15/h12-14H,1-11,16H2. The first-order valence-electron chi connectivity index (χ1n) is 8.08. The molecule has 1 saturated carbocycles. The largest absolute Gasteiger partial charge is 0.375 e. The summed E-state index contributed by atoms with van der Waals surface area (Å²) in [4.78, 5) is 0. The second kappa shape index (κ2) is 5.58. The molecule has 3 unspecified atom stereocenters. The Hall–Kier alpha value is -0.130. The van der Waals surface area contributed by atoms with E-state index in [1.165, 1.54) is 25.7 Å². The first-order valence-corrected chi connectivity index (χ1v) is 9.90. The van der Waals surface area contributed by atoms with Gasteiger partial charge in [-0.1, -0.05) is 12.8 Å². The van der Waals surface area contributed by atoms with Gasteiger partial charge in [-0.15, -0.1) is 0 Å². The van der Waals surface area contributed by atoms with E-state index in [-0.39, 0.29) is 17.6 Å². The van der Waals surface area contributed by atoms with Gasteiger partial charge in [0.1, 0.15) is 0 Å². The van der Waals surface area contributed by atoms with Crippen molar-refractivity contribution in [1.29, 1.82) is 0 Å². The van der Waals surface area contributed by atoms with Gasteiger partial charge >= 0.3 is 0 Å². The zero-order chi connectivity index (χ0) is 14.2. The van der Waals surface area contributed by atoms with Crippen LogP contribution in [0.25, 0.3) is 0 Å². The van der Waals surface area contributed by atoms with Crippen molar-refractivity contribution in [2.24, 2.45) is 17.6 Å². The van der Waals surface area contributed by atoms with Gasteiger partial charge in [0.25, 0.3) is 0 Å². The number of sulfone groups is 1. The highest BCUT2D eigenvalue weighted by Crippen LogP contribution is 2.43. The summed E-state index contributed by atoms with van der Waals surface area (Å²) in [5.74, 6) is 1.53. The van der Waals surface area contributed by atoms with Crippen LogP contribution >= 0.6 is 0 Å². The topological polar surface area (TPSA) is 69.4 Å². The molecule has 0 aromatic rings. The molecule has 0 aromatic heterocycles. The molecular weight excluding hydrogens is 274 g/mol. The molecular formula is C15H27NO3S. The van der Waals surface area contributed by atoms with E-state index in [1.54, 1.807) is 0 Å². The van der Waals surface area contributed by atoms with E-state index < -0.39 is 9.84 Å². The Morgan fingerprint density at radius 2 is 2.00 bits per heavy atom. The van der Waals surface area contributed by atoms with Crippen LogP contribution in [-0.4, -0.2) is 38.2 Å². The number of hydrogen-bond donors (Lipinski definition) is 1. The van der Waals surface area contributed by atoms with Crippen LogP contribution in [0, 0.1) is 11.8 Å². The molecule has 0 amide bonds. The molecule has 3 atom stereocenters. The lowest BCUT2D eigenvalue weighted by Gasteiger charge is -2.41.